The number of Topliss-reactive ketones (excluding diaryl/α,β-unsaturated/α-hetero) is 1. The summed E-state index contributed by atoms with van der Waals surface area (Å²) in [4.78, 5) is 45.6. The Hall–Kier alpha value is -3.32. The zero-order chi connectivity index (χ0) is 24.6. The summed E-state index contributed by atoms with van der Waals surface area (Å²) in [6.07, 6.45) is -15.5. The van der Waals surface area contributed by atoms with Crippen LogP contribution in [0.5, 0.6) is 5.75 Å². The fourth-order valence-corrected chi connectivity index (χ4v) is 2.18. The smallest absolute Gasteiger partial charge is 0.469 e. The van der Waals surface area contributed by atoms with E-state index in [-0.39, 0.29) is 0 Å². The Morgan fingerprint density at radius 2 is 1.69 bits per heavy atom. The maximum atomic E-state index is 14.3. The van der Waals surface area contributed by atoms with E-state index in [1.165, 1.54) is 5.32 Å². The second kappa shape index (κ2) is 11.3. The van der Waals surface area contributed by atoms with Gasteiger partial charge in [-0.25, -0.2) is 8.78 Å². The Morgan fingerprint density at radius 3 is 2.19 bits per heavy atom. The fourth-order valence-electron chi connectivity index (χ4n) is 2.18. The van der Waals surface area contributed by atoms with Crippen LogP contribution in [0.25, 0.3) is 0 Å². The quantitative estimate of drug-likeness (QED) is 0.316. The number of hydrogen-bond donors (Lipinski definition) is 1. The van der Waals surface area contributed by atoms with Crippen LogP contribution in [0.2, 0.25) is 0 Å². The van der Waals surface area contributed by atoms with E-state index < -0.39 is 78.5 Å². The van der Waals surface area contributed by atoms with E-state index in [0.717, 1.165) is 26.2 Å². The highest BCUT2D eigenvalue weighted by Gasteiger charge is 2.39. The normalized spacial score (nSPS) is 13.2. The number of amides is 1. The number of alkyl halides is 6. The number of nitrogens with one attached hydrogen (secondary N) is 1. The molecule has 0 saturated carbocycles. The molecule has 2 atom stereocenters. The molecule has 0 aromatic heterocycles. The molecule has 1 rings (SSSR count). The highest BCUT2D eigenvalue weighted by atomic mass is 19.4. The molecule has 0 saturated heterocycles. The third-order valence-electron chi connectivity index (χ3n) is 3.63. The lowest BCUT2D eigenvalue weighted by Gasteiger charge is -2.22. The number of esters is 2. The molecule has 0 bridgehead atoms. The summed E-state index contributed by atoms with van der Waals surface area (Å²) in [5, 5.41) is 1.45. The van der Waals surface area contributed by atoms with E-state index in [9.17, 15) is 45.5 Å². The van der Waals surface area contributed by atoms with Crippen molar-refractivity contribution in [1.82, 2.24) is 0 Å². The monoisotopic (exact) mass is 473 g/mol. The van der Waals surface area contributed by atoms with Crippen molar-refractivity contribution in [2.24, 2.45) is 0 Å². The zero-order valence-electron chi connectivity index (χ0n) is 16.5. The summed E-state index contributed by atoms with van der Waals surface area (Å²) < 4.78 is 90.7. The average molecular weight is 473 g/mol. The number of methoxy groups -OCH3 is 1. The van der Waals surface area contributed by atoms with Gasteiger partial charge in [0.15, 0.2) is 5.78 Å². The van der Waals surface area contributed by atoms with Gasteiger partial charge in [0.25, 0.3) is 12.8 Å². The number of ether oxygens (including phenoxy) is 3. The van der Waals surface area contributed by atoms with Gasteiger partial charge in [-0.15, -0.1) is 0 Å². The number of benzene rings is 1. The largest absolute Gasteiger partial charge is 0.471 e. The first kappa shape index (κ1) is 26.7. The second-order valence-electron chi connectivity index (χ2n) is 6.04. The van der Waals surface area contributed by atoms with Crippen LogP contribution in [-0.4, -0.2) is 55.8 Å². The lowest BCUT2D eigenvalue weighted by atomic mass is 10.0. The zero-order valence-corrected chi connectivity index (χ0v) is 16.5. The molecule has 0 aliphatic carbocycles. The number of anilines is 1. The van der Waals surface area contributed by atoms with Crippen molar-refractivity contribution >= 4 is 29.3 Å². The van der Waals surface area contributed by atoms with Gasteiger partial charge in [-0.05, 0) is 18.2 Å². The molecule has 0 spiro atoms. The van der Waals surface area contributed by atoms with Crippen LogP contribution in [0.1, 0.15) is 30.1 Å². The lowest BCUT2D eigenvalue weighted by Crippen LogP contribution is -2.38. The summed E-state index contributed by atoms with van der Waals surface area (Å²) in [6.45, 7) is 0.738. The van der Waals surface area contributed by atoms with E-state index in [1.54, 1.807) is 0 Å². The minimum Gasteiger partial charge on any atom is -0.469 e. The maximum Gasteiger partial charge on any atom is 0.471 e. The molecule has 0 heterocycles. The molecule has 1 aromatic carbocycles. The summed E-state index contributed by atoms with van der Waals surface area (Å²) in [5.41, 5.74) is -1.19. The number of carbonyl (C=O) groups is 4. The van der Waals surface area contributed by atoms with Gasteiger partial charge in [0, 0.05) is 19.0 Å². The lowest BCUT2D eigenvalue weighted by molar-refractivity contribution is -0.175. The highest BCUT2D eigenvalue weighted by Crippen LogP contribution is 2.29. The summed E-state index contributed by atoms with van der Waals surface area (Å²) in [5.74, 6) is -6.13. The summed E-state index contributed by atoms with van der Waals surface area (Å²) in [7, 11) is 1.03. The van der Waals surface area contributed by atoms with Crippen LogP contribution in [-0.2, 0) is 23.9 Å². The van der Waals surface area contributed by atoms with Crippen molar-refractivity contribution in [3.05, 3.63) is 23.8 Å². The number of halogens is 6. The van der Waals surface area contributed by atoms with Crippen molar-refractivity contribution in [2.45, 2.75) is 44.8 Å². The molecular weight excluding hydrogens is 456 g/mol. The van der Waals surface area contributed by atoms with Gasteiger partial charge in [-0.2, -0.15) is 17.6 Å². The Morgan fingerprint density at radius 1 is 1.06 bits per heavy atom. The minimum atomic E-state index is -5.26. The average Bonchev–Trinajstić information content (AvgIpc) is 2.69. The van der Waals surface area contributed by atoms with Gasteiger partial charge >= 0.3 is 24.0 Å². The second-order valence-corrected chi connectivity index (χ2v) is 6.04. The Kier molecular flexibility index (Phi) is 9.47. The Bertz CT molecular complexity index is 859. The minimum absolute atomic E-state index is 0.472. The molecule has 0 aliphatic heterocycles. The number of rotatable bonds is 10. The van der Waals surface area contributed by atoms with Crippen LogP contribution < -0.4 is 10.1 Å². The number of hydrogen-bond acceptors (Lipinski definition) is 7. The van der Waals surface area contributed by atoms with Crippen LogP contribution in [0.3, 0.4) is 0 Å². The van der Waals surface area contributed by atoms with Gasteiger partial charge < -0.3 is 19.5 Å². The van der Waals surface area contributed by atoms with Crippen molar-refractivity contribution in [1.29, 1.82) is 0 Å². The molecule has 8 nitrogen and oxygen atoms in total. The first-order chi connectivity index (χ1) is 14.8. The molecule has 32 heavy (non-hydrogen) atoms. The summed E-state index contributed by atoms with van der Waals surface area (Å²) >= 11 is 0. The van der Waals surface area contributed by atoms with Gasteiger partial charge in [-0.1, -0.05) is 0 Å². The van der Waals surface area contributed by atoms with E-state index >= 15 is 0 Å². The van der Waals surface area contributed by atoms with Crippen LogP contribution in [0.4, 0.5) is 32.0 Å². The van der Waals surface area contributed by atoms with Crippen LogP contribution >= 0.6 is 0 Å². The van der Waals surface area contributed by atoms with Gasteiger partial charge in [0.2, 0.25) is 6.10 Å². The van der Waals surface area contributed by atoms with E-state index in [2.05, 4.69) is 14.2 Å². The molecule has 178 valence electrons. The van der Waals surface area contributed by atoms with Gasteiger partial charge in [0.05, 0.1) is 19.1 Å². The van der Waals surface area contributed by atoms with Crippen molar-refractivity contribution in [3.63, 3.8) is 0 Å². The molecular formula is C18H17F6NO7. The first-order valence-electron chi connectivity index (χ1n) is 8.64. The van der Waals surface area contributed by atoms with E-state index in [1.807, 2.05) is 0 Å². The predicted molar refractivity (Wildman–Crippen MR) is 93.8 cm³/mol. The maximum absolute atomic E-state index is 14.3. The molecule has 0 aliphatic rings. The Labute approximate surface area is 176 Å². The standard InChI is InChI=1S/C18H17F6NO7/c1-8(26)31-14(15(19)20)16(21)32-12-5-3-9(25-17(29)18(22,23)24)7-10(12)11(27)4-6-13(28)30-2/h3,5,7,14-16H,4,6H2,1-2H3,(H,25,29). The molecule has 1 N–H and O–H groups in total. The van der Waals surface area contributed by atoms with Crippen LogP contribution in [0, 0.1) is 0 Å². The van der Waals surface area contributed by atoms with Gasteiger partial charge in [-0.3, -0.25) is 19.2 Å². The summed E-state index contributed by atoms with van der Waals surface area (Å²) in [6, 6.07) is 2.20. The molecule has 0 radical (unpaired) electrons. The highest BCUT2D eigenvalue weighted by molar-refractivity contribution is 6.02. The molecule has 1 aromatic rings. The fraction of sp³-hybridized carbons (Fsp3) is 0.444. The third kappa shape index (κ3) is 8.07. The van der Waals surface area contributed by atoms with E-state index in [0.29, 0.717) is 6.07 Å². The number of carbonyl (C=O) groups excluding carboxylic acids is 4. The van der Waals surface area contributed by atoms with Crippen molar-refractivity contribution < 1.29 is 59.7 Å². The van der Waals surface area contributed by atoms with E-state index in [4.69, 9.17) is 0 Å². The predicted octanol–water partition coefficient (Wildman–Crippen LogP) is 3.19. The van der Waals surface area contributed by atoms with Crippen LogP contribution in [0.15, 0.2) is 18.2 Å². The molecule has 14 heteroatoms. The Balaban J connectivity index is 3.24. The van der Waals surface area contributed by atoms with Crippen molar-refractivity contribution in [3.8, 4) is 5.75 Å². The third-order valence-corrected chi connectivity index (χ3v) is 3.63. The number of ketones is 1. The van der Waals surface area contributed by atoms with Gasteiger partial charge in [0.1, 0.15) is 5.75 Å². The molecule has 0 fully saturated rings. The topological polar surface area (TPSA) is 108 Å². The van der Waals surface area contributed by atoms with Crippen molar-refractivity contribution in [2.75, 3.05) is 12.4 Å². The first-order valence-corrected chi connectivity index (χ1v) is 8.64. The molecule has 2 unspecified atom stereocenters. The SMILES string of the molecule is COC(=O)CCC(=O)c1cc(NC(=O)C(F)(F)F)ccc1OC(F)C(OC(C)=O)C(F)F. The molecule has 1 amide bonds.